The summed E-state index contributed by atoms with van der Waals surface area (Å²) in [6, 6.07) is 5.76. The maximum Gasteiger partial charge on any atom is 0.277 e. The number of rotatable bonds is 5. The van der Waals surface area contributed by atoms with E-state index < -0.39 is 24.9 Å². The van der Waals surface area contributed by atoms with Crippen LogP contribution in [0, 0.1) is 0 Å². The zero-order valence-electron chi connectivity index (χ0n) is 11.3. The van der Waals surface area contributed by atoms with Gasteiger partial charge in [-0.15, -0.1) is 0 Å². The molecular formula is C13H17F2N3O2. The molecule has 2 amide bonds. The number of alkyl halides is 2. The number of carbonyl (C=O) groups is 2. The first-order valence-corrected chi connectivity index (χ1v) is 5.94. The lowest BCUT2D eigenvalue weighted by Gasteiger charge is -2.14. The largest absolute Gasteiger partial charge is 0.346 e. The molecule has 0 aliphatic carbocycles. The van der Waals surface area contributed by atoms with Crippen molar-refractivity contribution in [2.24, 2.45) is 5.73 Å². The minimum Gasteiger partial charge on any atom is -0.346 e. The molecule has 3 N–H and O–H groups in total. The third-order valence-electron chi connectivity index (χ3n) is 2.61. The molecule has 0 aromatic heterocycles. The molecule has 0 unspecified atom stereocenters. The summed E-state index contributed by atoms with van der Waals surface area (Å²) < 4.78 is 25.8. The van der Waals surface area contributed by atoms with Crippen molar-refractivity contribution < 1.29 is 18.4 Å². The Labute approximate surface area is 115 Å². The smallest absolute Gasteiger partial charge is 0.277 e. The first-order valence-electron chi connectivity index (χ1n) is 5.94. The highest BCUT2D eigenvalue weighted by molar-refractivity contribution is 5.97. The molecule has 0 spiro atoms. The lowest BCUT2D eigenvalue weighted by molar-refractivity contribution is 0.0118. The van der Waals surface area contributed by atoms with E-state index in [1.165, 1.54) is 29.2 Å². The van der Waals surface area contributed by atoms with E-state index in [9.17, 15) is 18.4 Å². The average molecular weight is 285 g/mol. The highest BCUT2D eigenvalue weighted by atomic mass is 19.3. The van der Waals surface area contributed by atoms with Gasteiger partial charge in [-0.3, -0.25) is 9.59 Å². The Bertz CT molecular complexity index is 487. The van der Waals surface area contributed by atoms with Crippen LogP contribution in [-0.4, -0.2) is 49.8 Å². The van der Waals surface area contributed by atoms with Crippen molar-refractivity contribution in [3.8, 4) is 0 Å². The number of carbonyl (C=O) groups excluding carboxylic acids is 2. The van der Waals surface area contributed by atoms with Gasteiger partial charge in [0.05, 0.1) is 13.1 Å². The standard InChI is InChI=1S/C13H17F2N3O2/c1-18(2)12(20)10-5-3-9(4-6-10)11(19)17-8-13(14,15)7-16/h3-6H,7-8,16H2,1-2H3,(H,17,19). The van der Waals surface area contributed by atoms with E-state index in [0.717, 1.165) is 0 Å². The van der Waals surface area contributed by atoms with Gasteiger partial charge in [0.1, 0.15) is 0 Å². The Morgan fingerprint density at radius 2 is 1.70 bits per heavy atom. The Morgan fingerprint density at radius 3 is 2.15 bits per heavy atom. The minimum absolute atomic E-state index is 0.202. The third-order valence-corrected chi connectivity index (χ3v) is 2.61. The van der Waals surface area contributed by atoms with Crippen LogP contribution in [0.4, 0.5) is 8.78 Å². The van der Waals surface area contributed by atoms with Gasteiger partial charge in [0.15, 0.2) is 0 Å². The first-order chi connectivity index (χ1) is 9.26. The molecule has 0 heterocycles. The molecule has 0 bridgehead atoms. The van der Waals surface area contributed by atoms with Crippen molar-refractivity contribution in [1.82, 2.24) is 10.2 Å². The van der Waals surface area contributed by atoms with Gasteiger partial charge in [0, 0.05) is 25.2 Å². The Morgan fingerprint density at radius 1 is 1.20 bits per heavy atom. The van der Waals surface area contributed by atoms with Crippen molar-refractivity contribution >= 4 is 11.8 Å². The van der Waals surface area contributed by atoms with Crippen LogP contribution in [-0.2, 0) is 0 Å². The molecule has 0 radical (unpaired) electrons. The van der Waals surface area contributed by atoms with Crippen LogP contribution in [0.2, 0.25) is 0 Å². The van der Waals surface area contributed by atoms with Crippen molar-refractivity contribution in [3.05, 3.63) is 35.4 Å². The van der Waals surface area contributed by atoms with Crippen molar-refractivity contribution in [1.29, 1.82) is 0 Å². The third kappa shape index (κ3) is 4.27. The van der Waals surface area contributed by atoms with Gasteiger partial charge >= 0.3 is 0 Å². The predicted molar refractivity (Wildman–Crippen MR) is 70.8 cm³/mol. The molecule has 0 atom stereocenters. The maximum atomic E-state index is 12.9. The Balaban J connectivity index is 2.69. The van der Waals surface area contributed by atoms with Crippen LogP contribution >= 0.6 is 0 Å². The molecule has 20 heavy (non-hydrogen) atoms. The highest BCUT2D eigenvalue weighted by Crippen LogP contribution is 2.10. The van der Waals surface area contributed by atoms with E-state index in [-0.39, 0.29) is 11.5 Å². The van der Waals surface area contributed by atoms with Crippen LogP contribution < -0.4 is 11.1 Å². The van der Waals surface area contributed by atoms with E-state index >= 15 is 0 Å². The van der Waals surface area contributed by atoms with Gasteiger partial charge in [-0.1, -0.05) is 0 Å². The molecule has 0 aliphatic heterocycles. The van der Waals surface area contributed by atoms with Gasteiger partial charge in [0.2, 0.25) is 0 Å². The number of amides is 2. The molecule has 7 heteroatoms. The fourth-order valence-corrected chi connectivity index (χ4v) is 1.41. The zero-order chi connectivity index (χ0) is 15.3. The molecule has 5 nitrogen and oxygen atoms in total. The Hall–Kier alpha value is -2.02. The van der Waals surface area contributed by atoms with E-state index in [1.54, 1.807) is 14.1 Å². The molecule has 110 valence electrons. The predicted octanol–water partition coefficient (Wildman–Crippen LogP) is 0.712. The molecule has 0 fully saturated rings. The number of halogens is 2. The van der Waals surface area contributed by atoms with Crippen LogP contribution in [0.15, 0.2) is 24.3 Å². The second-order valence-electron chi connectivity index (χ2n) is 4.52. The Kier molecular flexibility index (Phi) is 5.15. The lowest BCUT2D eigenvalue weighted by atomic mass is 10.1. The van der Waals surface area contributed by atoms with Crippen LogP contribution in [0.3, 0.4) is 0 Å². The normalized spacial score (nSPS) is 11.1. The van der Waals surface area contributed by atoms with Crippen LogP contribution in [0.1, 0.15) is 20.7 Å². The highest BCUT2D eigenvalue weighted by Gasteiger charge is 2.27. The molecule has 1 rings (SSSR count). The van der Waals surface area contributed by atoms with E-state index in [1.807, 2.05) is 0 Å². The number of nitrogens with one attached hydrogen (secondary N) is 1. The summed E-state index contributed by atoms with van der Waals surface area (Å²) in [6.45, 7) is -1.65. The summed E-state index contributed by atoms with van der Waals surface area (Å²) in [7, 11) is 3.22. The minimum atomic E-state index is -3.13. The number of nitrogens with two attached hydrogens (primary N) is 1. The number of nitrogens with zero attached hydrogens (tertiary/aromatic N) is 1. The molecular weight excluding hydrogens is 268 g/mol. The monoisotopic (exact) mass is 285 g/mol. The van der Waals surface area contributed by atoms with Crippen molar-refractivity contribution in [3.63, 3.8) is 0 Å². The maximum absolute atomic E-state index is 12.9. The summed E-state index contributed by atoms with van der Waals surface area (Å²) in [6.07, 6.45) is 0. The quantitative estimate of drug-likeness (QED) is 0.836. The molecule has 1 aromatic carbocycles. The molecule has 0 saturated carbocycles. The summed E-state index contributed by atoms with van der Waals surface area (Å²) in [5.41, 5.74) is 5.49. The van der Waals surface area contributed by atoms with Gasteiger partial charge < -0.3 is 16.0 Å². The fourth-order valence-electron chi connectivity index (χ4n) is 1.41. The second-order valence-corrected chi connectivity index (χ2v) is 4.52. The van der Waals surface area contributed by atoms with Crippen LogP contribution in [0.25, 0.3) is 0 Å². The van der Waals surface area contributed by atoms with E-state index in [2.05, 4.69) is 5.32 Å². The SMILES string of the molecule is CN(C)C(=O)c1ccc(C(=O)NCC(F)(F)CN)cc1. The van der Waals surface area contributed by atoms with Gasteiger partial charge in [-0.05, 0) is 24.3 Å². The lowest BCUT2D eigenvalue weighted by Crippen LogP contribution is -2.41. The van der Waals surface area contributed by atoms with Crippen molar-refractivity contribution in [2.75, 3.05) is 27.2 Å². The number of hydrogen-bond acceptors (Lipinski definition) is 3. The van der Waals surface area contributed by atoms with Gasteiger partial charge in [0.25, 0.3) is 17.7 Å². The summed E-state index contributed by atoms with van der Waals surface area (Å²) >= 11 is 0. The summed E-state index contributed by atoms with van der Waals surface area (Å²) in [4.78, 5) is 24.7. The average Bonchev–Trinajstić information content (AvgIpc) is 2.44. The number of benzene rings is 1. The molecule has 1 aromatic rings. The first kappa shape index (κ1) is 16.0. The topological polar surface area (TPSA) is 75.4 Å². The van der Waals surface area contributed by atoms with Crippen LogP contribution in [0.5, 0.6) is 0 Å². The zero-order valence-corrected chi connectivity index (χ0v) is 11.3. The van der Waals surface area contributed by atoms with E-state index in [4.69, 9.17) is 5.73 Å². The second kappa shape index (κ2) is 6.42. The summed E-state index contributed by atoms with van der Waals surface area (Å²) in [5, 5.41) is 2.10. The fraction of sp³-hybridized carbons (Fsp3) is 0.385. The van der Waals surface area contributed by atoms with Crippen molar-refractivity contribution in [2.45, 2.75) is 5.92 Å². The summed E-state index contributed by atoms with van der Waals surface area (Å²) in [5.74, 6) is -3.97. The van der Waals surface area contributed by atoms with E-state index in [0.29, 0.717) is 5.56 Å². The molecule has 0 saturated heterocycles. The molecule has 0 aliphatic rings. The van der Waals surface area contributed by atoms with Gasteiger partial charge in [-0.25, -0.2) is 8.78 Å². The van der Waals surface area contributed by atoms with Gasteiger partial charge in [-0.2, -0.15) is 0 Å². The number of hydrogen-bond donors (Lipinski definition) is 2.